The van der Waals surface area contributed by atoms with Gasteiger partial charge in [0.2, 0.25) is 0 Å². The molecule has 1 amide bonds. The lowest BCUT2D eigenvalue weighted by Crippen LogP contribution is -2.30. The third kappa shape index (κ3) is 5.09. The van der Waals surface area contributed by atoms with Gasteiger partial charge < -0.3 is 14.7 Å². The predicted octanol–water partition coefficient (Wildman–Crippen LogP) is 3.62. The fourth-order valence-electron chi connectivity index (χ4n) is 3.69. The van der Waals surface area contributed by atoms with Crippen molar-refractivity contribution in [2.45, 2.75) is 38.6 Å². The van der Waals surface area contributed by atoms with E-state index in [2.05, 4.69) is 20.7 Å². The molecule has 0 unspecified atom stereocenters. The number of aromatic amines is 1. The smallest absolute Gasteiger partial charge is 0.274 e. The Morgan fingerprint density at radius 1 is 1.20 bits per heavy atom. The molecule has 0 atom stereocenters. The van der Waals surface area contributed by atoms with Gasteiger partial charge in [-0.1, -0.05) is 41.9 Å². The van der Waals surface area contributed by atoms with Crippen LogP contribution in [0.4, 0.5) is 0 Å². The Bertz CT molecular complexity index is 954. The molecule has 3 heterocycles. The van der Waals surface area contributed by atoms with E-state index in [9.17, 15) is 4.79 Å². The highest BCUT2D eigenvalue weighted by atomic mass is 35.5. The molecule has 7 nitrogen and oxygen atoms in total. The fourth-order valence-corrected chi connectivity index (χ4v) is 3.69. The van der Waals surface area contributed by atoms with Crippen molar-refractivity contribution in [3.05, 3.63) is 59.1 Å². The normalized spacial score (nSPS) is 12.8. The molecule has 0 fully saturated rings. The molecule has 2 aromatic heterocycles. The van der Waals surface area contributed by atoms with E-state index in [0.717, 1.165) is 73.5 Å². The molecule has 1 aromatic carbocycles. The lowest BCUT2D eigenvalue weighted by atomic mass is 10.1. The summed E-state index contributed by atoms with van der Waals surface area (Å²) in [5.41, 5.74) is 4.61. The van der Waals surface area contributed by atoms with Crippen LogP contribution in [-0.2, 0) is 19.4 Å². The molecule has 0 aliphatic carbocycles. The van der Waals surface area contributed by atoms with Gasteiger partial charge in [0.1, 0.15) is 11.5 Å². The molecule has 4 rings (SSSR count). The van der Waals surface area contributed by atoms with Crippen LogP contribution in [0.2, 0.25) is 0 Å². The first-order chi connectivity index (χ1) is 14.2. The number of halogens is 1. The van der Waals surface area contributed by atoms with Gasteiger partial charge in [-0.2, -0.15) is 5.10 Å². The maximum absolute atomic E-state index is 12.7. The second kappa shape index (κ2) is 10.4. The molecule has 1 aliphatic heterocycles. The van der Waals surface area contributed by atoms with Gasteiger partial charge in [0, 0.05) is 62.4 Å². The van der Waals surface area contributed by atoms with Crippen molar-refractivity contribution in [3.63, 3.8) is 0 Å². The van der Waals surface area contributed by atoms with Crippen molar-refractivity contribution in [2.75, 3.05) is 20.1 Å². The zero-order valence-electron chi connectivity index (χ0n) is 17.2. The van der Waals surface area contributed by atoms with Crippen molar-refractivity contribution >= 4 is 18.3 Å². The van der Waals surface area contributed by atoms with E-state index in [4.69, 9.17) is 4.52 Å². The molecule has 2 N–H and O–H groups in total. The van der Waals surface area contributed by atoms with Crippen molar-refractivity contribution < 1.29 is 9.32 Å². The zero-order valence-corrected chi connectivity index (χ0v) is 18.0. The number of nitrogens with one attached hydrogen (secondary N) is 2. The minimum atomic E-state index is -0.00561. The second-order valence-corrected chi connectivity index (χ2v) is 7.54. The summed E-state index contributed by atoms with van der Waals surface area (Å²) in [5.74, 6) is 0.901. The number of benzene rings is 1. The molecule has 0 radical (unpaired) electrons. The Kier molecular flexibility index (Phi) is 7.65. The number of H-pyrrole nitrogens is 1. The van der Waals surface area contributed by atoms with Crippen LogP contribution >= 0.6 is 12.4 Å². The van der Waals surface area contributed by atoms with E-state index in [1.165, 1.54) is 0 Å². The van der Waals surface area contributed by atoms with Gasteiger partial charge in [0.05, 0.1) is 0 Å². The molecule has 0 saturated heterocycles. The van der Waals surface area contributed by atoms with Crippen molar-refractivity contribution in [2.24, 2.45) is 0 Å². The Morgan fingerprint density at radius 3 is 2.87 bits per heavy atom. The summed E-state index contributed by atoms with van der Waals surface area (Å²) >= 11 is 0. The summed E-state index contributed by atoms with van der Waals surface area (Å²) in [6.07, 6.45) is 4.74. The van der Waals surface area contributed by atoms with Crippen LogP contribution in [0.5, 0.6) is 0 Å². The first-order valence-corrected chi connectivity index (χ1v) is 10.3. The van der Waals surface area contributed by atoms with E-state index in [1.807, 2.05) is 43.4 Å². The van der Waals surface area contributed by atoms with Crippen molar-refractivity contribution in [1.82, 2.24) is 25.6 Å². The Morgan fingerprint density at radius 2 is 2.03 bits per heavy atom. The average Bonchev–Trinajstić information content (AvgIpc) is 3.41. The van der Waals surface area contributed by atoms with Crippen LogP contribution in [0, 0.1) is 0 Å². The second-order valence-electron chi connectivity index (χ2n) is 7.54. The first-order valence-electron chi connectivity index (χ1n) is 10.3. The number of aromatic nitrogens is 3. The Balaban J connectivity index is 0.00000256. The number of hydrogen-bond donors (Lipinski definition) is 2. The van der Waals surface area contributed by atoms with Crippen LogP contribution in [0.15, 0.2) is 40.9 Å². The van der Waals surface area contributed by atoms with Gasteiger partial charge in [0.15, 0.2) is 5.69 Å². The number of carbonyl (C=O) groups excluding carboxylic acids is 1. The standard InChI is InChI=1S/C22H27N5O2.ClH/c1-27(22(28)21-18-15-23-12-11-19(18)24-25-21)13-7-3-6-10-17-14-20(26-29-17)16-8-4-2-5-9-16;/h2,4-5,8-9,14,23H,3,6-7,10-13,15H2,1H3,(H,24,25);1H. The van der Waals surface area contributed by atoms with Crippen molar-refractivity contribution in [3.8, 4) is 11.3 Å². The molecule has 0 saturated carbocycles. The average molecular weight is 430 g/mol. The molecule has 160 valence electrons. The molecule has 30 heavy (non-hydrogen) atoms. The maximum atomic E-state index is 12.7. The third-order valence-corrected chi connectivity index (χ3v) is 5.40. The topological polar surface area (TPSA) is 87.1 Å². The minimum absolute atomic E-state index is 0. The highest BCUT2D eigenvalue weighted by molar-refractivity contribution is 5.93. The van der Waals surface area contributed by atoms with Crippen LogP contribution < -0.4 is 5.32 Å². The molecule has 0 spiro atoms. The minimum Gasteiger partial charge on any atom is -0.361 e. The number of amides is 1. The van der Waals surface area contributed by atoms with E-state index in [-0.39, 0.29) is 18.3 Å². The van der Waals surface area contributed by atoms with Gasteiger partial charge in [-0.3, -0.25) is 9.89 Å². The lowest BCUT2D eigenvalue weighted by Gasteiger charge is -2.18. The zero-order chi connectivity index (χ0) is 20.1. The number of nitrogens with zero attached hydrogens (tertiary/aromatic N) is 3. The number of aryl methyl sites for hydroxylation is 1. The molecule has 1 aliphatic rings. The van der Waals surface area contributed by atoms with Crippen LogP contribution in [0.25, 0.3) is 11.3 Å². The summed E-state index contributed by atoms with van der Waals surface area (Å²) in [7, 11) is 1.85. The Labute approximate surface area is 182 Å². The summed E-state index contributed by atoms with van der Waals surface area (Å²) < 4.78 is 5.45. The number of fused-ring (bicyclic) bond motifs is 1. The lowest BCUT2D eigenvalue weighted by molar-refractivity contribution is 0.0785. The highest BCUT2D eigenvalue weighted by Crippen LogP contribution is 2.20. The van der Waals surface area contributed by atoms with Gasteiger partial charge in [-0.15, -0.1) is 12.4 Å². The number of carbonyl (C=O) groups is 1. The highest BCUT2D eigenvalue weighted by Gasteiger charge is 2.23. The predicted molar refractivity (Wildman–Crippen MR) is 118 cm³/mol. The number of hydrogen-bond acceptors (Lipinski definition) is 5. The molecule has 8 heteroatoms. The number of unbranched alkanes of at least 4 members (excludes halogenated alkanes) is 2. The molecule has 3 aromatic rings. The summed E-state index contributed by atoms with van der Waals surface area (Å²) in [6.45, 7) is 2.36. The number of rotatable bonds is 8. The monoisotopic (exact) mass is 429 g/mol. The first kappa shape index (κ1) is 22.1. The van der Waals surface area contributed by atoms with Crippen molar-refractivity contribution in [1.29, 1.82) is 0 Å². The fraction of sp³-hybridized carbons (Fsp3) is 0.409. The van der Waals surface area contributed by atoms with Gasteiger partial charge in [-0.05, 0) is 12.8 Å². The largest absolute Gasteiger partial charge is 0.361 e. The maximum Gasteiger partial charge on any atom is 0.274 e. The van der Waals surface area contributed by atoms with Crippen LogP contribution in [-0.4, -0.2) is 46.3 Å². The van der Waals surface area contributed by atoms with Crippen LogP contribution in [0.3, 0.4) is 0 Å². The molecular weight excluding hydrogens is 402 g/mol. The van der Waals surface area contributed by atoms with E-state index in [0.29, 0.717) is 12.2 Å². The summed E-state index contributed by atoms with van der Waals surface area (Å²) in [4.78, 5) is 14.5. The van der Waals surface area contributed by atoms with Gasteiger partial charge in [0.25, 0.3) is 5.91 Å². The molecule has 0 bridgehead atoms. The van der Waals surface area contributed by atoms with Gasteiger partial charge >= 0.3 is 0 Å². The Hall–Kier alpha value is -2.64. The van der Waals surface area contributed by atoms with E-state index in [1.54, 1.807) is 4.90 Å². The van der Waals surface area contributed by atoms with E-state index >= 15 is 0 Å². The third-order valence-electron chi connectivity index (χ3n) is 5.40. The van der Waals surface area contributed by atoms with Crippen LogP contribution in [0.1, 0.15) is 46.8 Å². The summed E-state index contributed by atoms with van der Waals surface area (Å²) in [5, 5.41) is 14.7. The van der Waals surface area contributed by atoms with E-state index < -0.39 is 0 Å². The quantitative estimate of drug-likeness (QED) is 0.534. The summed E-state index contributed by atoms with van der Waals surface area (Å²) in [6, 6.07) is 12.1. The SMILES string of the molecule is CN(CCCCCc1cc(-c2ccccc2)no1)C(=O)c1n[nH]c2c1CNCC2.Cl. The van der Waals surface area contributed by atoms with Gasteiger partial charge in [-0.25, -0.2) is 0 Å². The molecular formula is C22H28ClN5O2.